The molecule has 0 bridgehead atoms. The summed E-state index contributed by atoms with van der Waals surface area (Å²) in [5.74, 6) is -9.48. The summed E-state index contributed by atoms with van der Waals surface area (Å²) in [6.07, 6.45) is -2.73. The van der Waals surface area contributed by atoms with Crippen LogP contribution < -0.4 is 27.4 Å². The maximum atomic E-state index is 12.5. The van der Waals surface area contributed by atoms with Crippen LogP contribution in [-0.2, 0) is 33.6 Å². The van der Waals surface area contributed by atoms with Gasteiger partial charge in [0, 0.05) is 0 Å². The molecule has 0 aromatic heterocycles. The average molecular weight is 461 g/mol. The van der Waals surface area contributed by atoms with Gasteiger partial charge in [0.25, 0.3) is 0 Å². The van der Waals surface area contributed by atoms with E-state index >= 15 is 0 Å². The molecular formula is C17H27N5O10. The van der Waals surface area contributed by atoms with E-state index in [-0.39, 0.29) is 5.92 Å². The standard InChI is InChI=1S/C17H27N5O10/c1-6(2)13(19)16(30)21-8(5-12(26)27)14(28)20-7(4-11(24)25)15(29)22-9(17(31)32)3-10(18)23/h6-9,13H,3-5,19H2,1-2H3,(H2,18,23)(H,20,28)(H,21,30)(H,22,29)(H,24,25)(H,26,27)(H,31,32). The molecule has 0 fully saturated rings. The van der Waals surface area contributed by atoms with E-state index < -0.39 is 85.0 Å². The number of amides is 4. The fourth-order valence-corrected chi connectivity index (χ4v) is 2.28. The number of carbonyl (C=O) groups excluding carboxylic acids is 4. The molecule has 0 aliphatic heterocycles. The summed E-state index contributed by atoms with van der Waals surface area (Å²) in [6.45, 7) is 3.21. The molecule has 32 heavy (non-hydrogen) atoms. The van der Waals surface area contributed by atoms with Crippen LogP contribution in [0.5, 0.6) is 0 Å². The number of hydrogen-bond donors (Lipinski definition) is 8. The van der Waals surface area contributed by atoms with Crippen LogP contribution in [0.2, 0.25) is 0 Å². The number of primary amides is 1. The van der Waals surface area contributed by atoms with Gasteiger partial charge in [-0.2, -0.15) is 0 Å². The van der Waals surface area contributed by atoms with Gasteiger partial charge in [-0.3, -0.25) is 28.8 Å². The van der Waals surface area contributed by atoms with Gasteiger partial charge in [-0.1, -0.05) is 13.8 Å². The van der Waals surface area contributed by atoms with Gasteiger partial charge in [0.2, 0.25) is 23.6 Å². The monoisotopic (exact) mass is 461 g/mol. The Labute approximate surface area is 181 Å². The third-order valence-corrected chi connectivity index (χ3v) is 4.06. The Kier molecular flexibility index (Phi) is 11.3. The number of carboxylic acid groups (broad SMARTS) is 3. The first kappa shape index (κ1) is 28.2. The Morgan fingerprint density at radius 1 is 0.688 bits per heavy atom. The van der Waals surface area contributed by atoms with Crippen molar-refractivity contribution in [3.8, 4) is 0 Å². The SMILES string of the molecule is CC(C)C(N)C(=O)NC(CC(=O)O)C(=O)NC(CC(=O)O)C(=O)NC(CC(N)=O)C(=O)O. The highest BCUT2D eigenvalue weighted by molar-refractivity contribution is 5.97. The highest BCUT2D eigenvalue weighted by Gasteiger charge is 2.33. The second-order valence-electron chi connectivity index (χ2n) is 7.16. The first-order valence-corrected chi connectivity index (χ1v) is 9.27. The Hall–Kier alpha value is -3.75. The molecule has 4 amide bonds. The minimum atomic E-state index is -1.86. The lowest BCUT2D eigenvalue weighted by Crippen LogP contribution is -2.58. The van der Waals surface area contributed by atoms with Gasteiger partial charge in [-0.15, -0.1) is 0 Å². The molecular weight excluding hydrogens is 434 g/mol. The quantitative estimate of drug-likeness (QED) is 0.125. The molecule has 10 N–H and O–H groups in total. The molecule has 4 unspecified atom stereocenters. The summed E-state index contributed by atoms with van der Waals surface area (Å²) in [7, 11) is 0. The maximum Gasteiger partial charge on any atom is 0.326 e. The predicted octanol–water partition coefficient (Wildman–Crippen LogP) is -3.67. The second kappa shape index (κ2) is 12.8. The van der Waals surface area contributed by atoms with E-state index in [1.807, 2.05) is 10.6 Å². The Balaban J connectivity index is 5.58. The molecule has 0 aliphatic rings. The summed E-state index contributed by atoms with van der Waals surface area (Å²) in [4.78, 5) is 81.2. The minimum Gasteiger partial charge on any atom is -0.481 e. The van der Waals surface area contributed by atoms with Crippen LogP contribution in [0.1, 0.15) is 33.1 Å². The number of hydrogen-bond acceptors (Lipinski definition) is 8. The van der Waals surface area contributed by atoms with Crippen LogP contribution >= 0.6 is 0 Å². The minimum absolute atomic E-state index is 0.354. The van der Waals surface area contributed by atoms with Crippen molar-refractivity contribution >= 4 is 41.5 Å². The lowest BCUT2D eigenvalue weighted by atomic mass is 10.0. The molecule has 4 atom stereocenters. The number of aliphatic carboxylic acids is 3. The first-order chi connectivity index (χ1) is 14.6. The number of carboxylic acids is 3. The van der Waals surface area contributed by atoms with E-state index in [2.05, 4.69) is 5.32 Å². The van der Waals surface area contributed by atoms with Crippen molar-refractivity contribution in [2.24, 2.45) is 17.4 Å². The topological polar surface area (TPSA) is 268 Å². The zero-order valence-corrected chi connectivity index (χ0v) is 17.4. The fourth-order valence-electron chi connectivity index (χ4n) is 2.28. The lowest BCUT2D eigenvalue weighted by Gasteiger charge is -2.24. The molecule has 15 heteroatoms. The van der Waals surface area contributed by atoms with Crippen molar-refractivity contribution in [1.29, 1.82) is 0 Å². The predicted molar refractivity (Wildman–Crippen MR) is 105 cm³/mol. The lowest BCUT2D eigenvalue weighted by molar-refractivity contribution is -0.145. The fraction of sp³-hybridized carbons (Fsp3) is 0.588. The van der Waals surface area contributed by atoms with Crippen molar-refractivity contribution in [1.82, 2.24) is 16.0 Å². The summed E-state index contributed by atoms with van der Waals surface area (Å²) in [5.41, 5.74) is 10.6. The van der Waals surface area contributed by atoms with Gasteiger partial charge >= 0.3 is 17.9 Å². The van der Waals surface area contributed by atoms with Crippen molar-refractivity contribution in [3.63, 3.8) is 0 Å². The number of carbonyl (C=O) groups is 7. The van der Waals surface area contributed by atoms with Crippen LogP contribution in [0.15, 0.2) is 0 Å². The van der Waals surface area contributed by atoms with Crippen molar-refractivity contribution < 1.29 is 48.9 Å². The average Bonchev–Trinajstić information content (AvgIpc) is 2.64. The van der Waals surface area contributed by atoms with Gasteiger partial charge in [-0.25, -0.2) is 4.79 Å². The molecule has 0 heterocycles. The van der Waals surface area contributed by atoms with Crippen molar-refractivity contribution in [2.45, 2.75) is 57.3 Å². The zero-order chi connectivity index (χ0) is 25.2. The Morgan fingerprint density at radius 3 is 1.38 bits per heavy atom. The van der Waals surface area contributed by atoms with E-state index in [1.165, 1.54) is 0 Å². The highest BCUT2D eigenvalue weighted by atomic mass is 16.4. The zero-order valence-electron chi connectivity index (χ0n) is 17.4. The molecule has 15 nitrogen and oxygen atoms in total. The van der Waals surface area contributed by atoms with Crippen LogP contribution in [-0.4, -0.2) is 81.0 Å². The van der Waals surface area contributed by atoms with E-state index in [4.69, 9.17) is 26.8 Å². The highest BCUT2D eigenvalue weighted by Crippen LogP contribution is 2.03. The van der Waals surface area contributed by atoms with Gasteiger partial charge < -0.3 is 42.7 Å². The van der Waals surface area contributed by atoms with Crippen LogP contribution in [0, 0.1) is 5.92 Å². The molecule has 0 saturated carbocycles. The molecule has 0 saturated heterocycles. The van der Waals surface area contributed by atoms with Gasteiger partial charge in [0.15, 0.2) is 0 Å². The summed E-state index contributed by atoms with van der Waals surface area (Å²) >= 11 is 0. The Morgan fingerprint density at radius 2 is 1.06 bits per heavy atom. The van der Waals surface area contributed by atoms with Crippen LogP contribution in [0.4, 0.5) is 0 Å². The van der Waals surface area contributed by atoms with Gasteiger partial charge in [-0.05, 0) is 5.92 Å². The third kappa shape index (κ3) is 10.3. The largest absolute Gasteiger partial charge is 0.481 e. The number of nitrogens with two attached hydrogens (primary N) is 2. The third-order valence-electron chi connectivity index (χ3n) is 4.06. The maximum absolute atomic E-state index is 12.5. The van der Waals surface area contributed by atoms with Crippen molar-refractivity contribution in [2.75, 3.05) is 0 Å². The summed E-state index contributed by atoms with van der Waals surface area (Å²) in [5, 5.41) is 33.0. The van der Waals surface area contributed by atoms with E-state index in [9.17, 15) is 33.6 Å². The molecule has 0 aliphatic carbocycles. The second-order valence-corrected chi connectivity index (χ2v) is 7.16. The van der Waals surface area contributed by atoms with Crippen LogP contribution in [0.25, 0.3) is 0 Å². The van der Waals surface area contributed by atoms with E-state index in [1.54, 1.807) is 13.8 Å². The molecule has 180 valence electrons. The Bertz CT molecular complexity index is 769. The smallest absolute Gasteiger partial charge is 0.326 e. The summed E-state index contributed by atoms with van der Waals surface area (Å²) < 4.78 is 0. The van der Waals surface area contributed by atoms with Gasteiger partial charge in [0.05, 0.1) is 25.3 Å². The van der Waals surface area contributed by atoms with E-state index in [0.29, 0.717) is 0 Å². The molecule has 0 spiro atoms. The summed E-state index contributed by atoms with van der Waals surface area (Å²) in [6, 6.07) is -6.45. The first-order valence-electron chi connectivity index (χ1n) is 9.27. The van der Waals surface area contributed by atoms with Crippen LogP contribution in [0.3, 0.4) is 0 Å². The van der Waals surface area contributed by atoms with Crippen molar-refractivity contribution in [3.05, 3.63) is 0 Å². The number of nitrogens with one attached hydrogen (secondary N) is 3. The number of rotatable bonds is 14. The molecule has 0 aromatic carbocycles. The van der Waals surface area contributed by atoms with E-state index in [0.717, 1.165) is 0 Å². The molecule has 0 radical (unpaired) electrons. The van der Waals surface area contributed by atoms with Gasteiger partial charge in [0.1, 0.15) is 18.1 Å². The molecule has 0 aromatic rings. The molecule has 0 rings (SSSR count). The normalized spacial score (nSPS) is 14.4.